The van der Waals surface area contributed by atoms with Gasteiger partial charge in [0, 0.05) is 25.0 Å². The molecule has 4 rings (SSSR count). The molecular weight excluding hydrogens is 334 g/mol. The fourth-order valence-electron chi connectivity index (χ4n) is 3.62. The topological polar surface area (TPSA) is 80.6 Å². The van der Waals surface area contributed by atoms with E-state index in [1.165, 1.54) is 4.90 Å². The summed E-state index contributed by atoms with van der Waals surface area (Å²) in [6.07, 6.45) is 2.45. The lowest BCUT2D eigenvalue weighted by molar-refractivity contribution is -0.131. The van der Waals surface area contributed by atoms with Crippen LogP contribution in [0.2, 0.25) is 0 Å². The monoisotopic (exact) mass is 355 g/mol. The van der Waals surface area contributed by atoms with Crippen LogP contribution in [0.25, 0.3) is 0 Å². The highest BCUT2D eigenvalue weighted by molar-refractivity contribution is 6.01. The van der Waals surface area contributed by atoms with E-state index < -0.39 is 0 Å². The van der Waals surface area contributed by atoms with E-state index in [0.717, 1.165) is 17.8 Å². The molecule has 0 spiro atoms. The van der Waals surface area contributed by atoms with Crippen molar-refractivity contribution in [3.8, 4) is 5.75 Å². The lowest BCUT2D eigenvalue weighted by atomic mass is 10.2. The van der Waals surface area contributed by atoms with Crippen LogP contribution in [0, 0.1) is 13.8 Å². The summed E-state index contributed by atoms with van der Waals surface area (Å²) in [6.45, 7) is 5.18. The van der Waals surface area contributed by atoms with Gasteiger partial charge in [-0.25, -0.2) is 4.98 Å². The van der Waals surface area contributed by atoms with Crippen LogP contribution in [0.4, 0.5) is 5.82 Å². The molecule has 1 saturated heterocycles. The van der Waals surface area contributed by atoms with Gasteiger partial charge in [0.15, 0.2) is 18.2 Å². The highest BCUT2D eigenvalue weighted by Crippen LogP contribution is 2.29. The van der Waals surface area contributed by atoms with Crippen molar-refractivity contribution < 1.29 is 14.3 Å². The van der Waals surface area contributed by atoms with Crippen LogP contribution in [-0.4, -0.2) is 57.7 Å². The Hall–Kier alpha value is -2.90. The zero-order valence-corrected chi connectivity index (χ0v) is 14.9. The number of pyridine rings is 1. The van der Waals surface area contributed by atoms with Gasteiger partial charge >= 0.3 is 0 Å². The van der Waals surface area contributed by atoms with E-state index >= 15 is 0 Å². The molecule has 4 heterocycles. The van der Waals surface area contributed by atoms with Crippen LogP contribution in [0.15, 0.2) is 24.4 Å². The normalized spacial score (nSPS) is 19.5. The van der Waals surface area contributed by atoms with Gasteiger partial charge < -0.3 is 9.64 Å². The third-order valence-corrected chi connectivity index (χ3v) is 4.86. The van der Waals surface area contributed by atoms with Crippen LogP contribution in [0.1, 0.15) is 23.9 Å². The van der Waals surface area contributed by atoms with Crippen molar-refractivity contribution in [3.63, 3.8) is 0 Å². The van der Waals surface area contributed by atoms with Crippen LogP contribution in [-0.2, 0) is 9.59 Å². The van der Waals surface area contributed by atoms with Crippen molar-refractivity contribution in [1.29, 1.82) is 0 Å². The molecule has 2 aliphatic heterocycles. The summed E-state index contributed by atoms with van der Waals surface area (Å²) < 4.78 is 7.37. The van der Waals surface area contributed by atoms with Crippen LogP contribution < -0.4 is 9.64 Å². The fourth-order valence-corrected chi connectivity index (χ4v) is 3.62. The first-order chi connectivity index (χ1) is 12.5. The van der Waals surface area contributed by atoms with E-state index in [4.69, 9.17) is 4.74 Å². The Kier molecular flexibility index (Phi) is 4.10. The molecule has 8 nitrogen and oxygen atoms in total. The quantitative estimate of drug-likeness (QED) is 0.823. The van der Waals surface area contributed by atoms with Gasteiger partial charge in [-0.2, -0.15) is 5.10 Å². The van der Waals surface area contributed by atoms with Gasteiger partial charge in [-0.15, -0.1) is 0 Å². The van der Waals surface area contributed by atoms with Crippen molar-refractivity contribution in [2.75, 3.05) is 31.1 Å². The number of hydrogen-bond acceptors (Lipinski definition) is 5. The standard InChI is InChI=1S/C18H21N5O3/c1-12-8-13(2)23(20-12)14-5-7-21(9-14)16(24)10-22-17(25)11-26-15-4-3-6-19-18(15)22/h3-4,6,8,14H,5,7,9-11H2,1-2H3. The molecule has 1 fully saturated rings. The van der Waals surface area contributed by atoms with Gasteiger partial charge in [-0.1, -0.05) is 0 Å². The zero-order chi connectivity index (χ0) is 18.3. The molecule has 2 aromatic heterocycles. The summed E-state index contributed by atoms with van der Waals surface area (Å²) in [5, 5.41) is 4.53. The molecule has 1 atom stereocenters. The Bertz CT molecular complexity index is 862. The predicted octanol–water partition coefficient (Wildman–Crippen LogP) is 1.09. The number of aromatic nitrogens is 3. The molecular formula is C18H21N5O3. The Morgan fingerprint density at radius 1 is 1.38 bits per heavy atom. The third-order valence-electron chi connectivity index (χ3n) is 4.86. The molecule has 0 N–H and O–H groups in total. The molecule has 0 aromatic carbocycles. The summed E-state index contributed by atoms with van der Waals surface area (Å²) in [6, 6.07) is 5.72. The Morgan fingerprint density at radius 2 is 2.23 bits per heavy atom. The molecule has 8 heteroatoms. The first kappa shape index (κ1) is 16.6. The van der Waals surface area contributed by atoms with Gasteiger partial charge in [-0.3, -0.25) is 19.2 Å². The summed E-state index contributed by atoms with van der Waals surface area (Å²) >= 11 is 0. The highest BCUT2D eigenvalue weighted by Gasteiger charge is 2.33. The summed E-state index contributed by atoms with van der Waals surface area (Å²) in [5.74, 6) is 0.605. The predicted molar refractivity (Wildman–Crippen MR) is 94.0 cm³/mol. The van der Waals surface area contributed by atoms with Gasteiger partial charge in [-0.05, 0) is 38.5 Å². The minimum absolute atomic E-state index is 0.0178. The number of amides is 2. The van der Waals surface area contributed by atoms with Crippen molar-refractivity contribution in [1.82, 2.24) is 19.7 Å². The number of likely N-dealkylation sites (tertiary alicyclic amines) is 1. The first-order valence-corrected chi connectivity index (χ1v) is 8.71. The van der Waals surface area contributed by atoms with Gasteiger partial charge in [0.2, 0.25) is 5.91 Å². The molecule has 2 aliphatic rings. The molecule has 26 heavy (non-hydrogen) atoms. The van der Waals surface area contributed by atoms with E-state index in [9.17, 15) is 9.59 Å². The number of ether oxygens (including phenoxy) is 1. The number of rotatable bonds is 3. The maximum Gasteiger partial charge on any atom is 0.266 e. The van der Waals surface area contributed by atoms with Crippen molar-refractivity contribution in [2.45, 2.75) is 26.3 Å². The van der Waals surface area contributed by atoms with E-state index in [2.05, 4.69) is 10.1 Å². The zero-order valence-electron chi connectivity index (χ0n) is 14.9. The molecule has 0 bridgehead atoms. The van der Waals surface area contributed by atoms with Crippen molar-refractivity contribution in [2.24, 2.45) is 0 Å². The average molecular weight is 355 g/mol. The molecule has 136 valence electrons. The summed E-state index contributed by atoms with van der Waals surface area (Å²) in [7, 11) is 0. The van der Waals surface area contributed by atoms with Gasteiger partial charge in [0.25, 0.3) is 5.91 Å². The van der Waals surface area contributed by atoms with E-state index in [-0.39, 0.29) is 31.0 Å². The number of aryl methyl sites for hydroxylation is 2. The minimum Gasteiger partial charge on any atom is -0.480 e. The Morgan fingerprint density at radius 3 is 3.00 bits per heavy atom. The first-order valence-electron chi connectivity index (χ1n) is 8.71. The molecule has 2 aromatic rings. The van der Waals surface area contributed by atoms with E-state index in [1.807, 2.05) is 24.6 Å². The molecule has 0 saturated carbocycles. The van der Waals surface area contributed by atoms with Crippen LogP contribution in [0.3, 0.4) is 0 Å². The van der Waals surface area contributed by atoms with Crippen molar-refractivity contribution >= 4 is 17.6 Å². The lowest BCUT2D eigenvalue weighted by Gasteiger charge is -2.29. The second-order valence-electron chi connectivity index (χ2n) is 6.75. The lowest BCUT2D eigenvalue weighted by Crippen LogP contribution is -2.46. The number of anilines is 1. The Balaban J connectivity index is 1.46. The van der Waals surface area contributed by atoms with E-state index in [1.54, 1.807) is 23.2 Å². The number of fused-ring (bicyclic) bond motifs is 1. The Labute approximate surface area is 151 Å². The second-order valence-corrected chi connectivity index (χ2v) is 6.75. The van der Waals surface area contributed by atoms with Crippen LogP contribution in [0.5, 0.6) is 5.75 Å². The smallest absolute Gasteiger partial charge is 0.266 e. The fraction of sp³-hybridized carbons (Fsp3) is 0.444. The molecule has 0 radical (unpaired) electrons. The molecule has 0 aliphatic carbocycles. The highest BCUT2D eigenvalue weighted by atomic mass is 16.5. The SMILES string of the molecule is Cc1cc(C)n(C2CCN(C(=O)CN3C(=O)COc4cccnc43)C2)n1. The van der Waals surface area contributed by atoms with Gasteiger partial charge in [0.1, 0.15) is 6.54 Å². The maximum atomic E-state index is 12.8. The molecule has 1 unspecified atom stereocenters. The summed E-state index contributed by atoms with van der Waals surface area (Å²) in [5.41, 5.74) is 2.08. The number of nitrogens with zero attached hydrogens (tertiary/aromatic N) is 5. The molecule has 2 amide bonds. The maximum absolute atomic E-state index is 12.8. The third kappa shape index (κ3) is 2.91. The van der Waals surface area contributed by atoms with Crippen LogP contribution >= 0.6 is 0 Å². The number of hydrogen-bond donors (Lipinski definition) is 0. The van der Waals surface area contributed by atoms with Crippen molar-refractivity contribution in [3.05, 3.63) is 35.8 Å². The second kappa shape index (κ2) is 6.44. The van der Waals surface area contributed by atoms with Gasteiger partial charge in [0.05, 0.1) is 11.7 Å². The number of carbonyl (C=O) groups is 2. The summed E-state index contributed by atoms with van der Waals surface area (Å²) in [4.78, 5) is 32.4. The number of carbonyl (C=O) groups excluding carboxylic acids is 2. The average Bonchev–Trinajstić information content (AvgIpc) is 3.23. The minimum atomic E-state index is -0.251. The largest absolute Gasteiger partial charge is 0.480 e. The van der Waals surface area contributed by atoms with E-state index in [0.29, 0.717) is 24.7 Å².